The van der Waals surface area contributed by atoms with Crippen LogP contribution in [0.15, 0.2) is 12.3 Å². The third kappa shape index (κ3) is 3.92. The lowest BCUT2D eigenvalue weighted by atomic mass is 10.2. The van der Waals surface area contributed by atoms with Gasteiger partial charge in [0, 0.05) is 19.2 Å². The summed E-state index contributed by atoms with van der Waals surface area (Å²) >= 11 is 6.75. The Morgan fingerprint density at radius 2 is 2.18 bits per heavy atom. The van der Waals surface area contributed by atoms with E-state index in [0.717, 1.165) is 23.8 Å². The smallest absolute Gasteiger partial charge is 0.351 e. The minimum Gasteiger partial charge on any atom is -0.351 e. The first kappa shape index (κ1) is 16.6. The van der Waals surface area contributed by atoms with Crippen molar-refractivity contribution in [3.8, 4) is 0 Å². The van der Waals surface area contributed by atoms with Gasteiger partial charge in [-0.25, -0.2) is 0 Å². The monoisotopic (exact) mass is 350 g/mol. The van der Waals surface area contributed by atoms with Gasteiger partial charge in [0.15, 0.2) is 0 Å². The number of pyridine rings is 1. The molecule has 2 aromatic heterocycles. The second-order valence-corrected chi connectivity index (χ2v) is 5.50. The summed E-state index contributed by atoms with van der Waals surface area (Å²) < 4.78 is 41.1. The van der Waals surface area contributed by atoms with Crippen LogP contribution in [0.1, 0.15) is 26.6 Å². The average molecular weight is 351 g/mol. The van der Waals surface area contributed by atoms with Gasteiger partial charge in [0.05, 0.1) is 22.0 Å². The molecule has 0 fully saturated rings. The molecular formula is C12H10ClF3N4OS. The maximum atomic E-state index is 12.5. The van der Waals surface area contributed by atoms with Crippen molar-refractivity contribution in [2.75, 3.05) is 6.54 Å². The van der Waals surface area contributed by atoms with Crippen molar-refractivity contribution in [1.82, 2.24) is 19.9 Å². The fourth-order valence-corrected chi connectivity index (χ4v) is 2.45. The van der Waals surface area contributed by atoms with Crippen LogP contribution in [0.4, 0.5) is 13.2 Å². The zero-order valence-corrected chi connectivity index (χ0v) is 12.8. The molecule has 1 amide bonds. The van der Waals surface area contributed by atoms with Crippen LogP contribution in [0.3, 0.4) is 0 Å². The number of carbonyl (C=O) groups excluding carboxylic acids is 1. The summed E-state index contributed by atoms with van der Waals surface area (Å²) in [5.74, 6) is -0.337. The van der Waals surface area contributed by atoms with E-state index in [4.69, 9.17) is 11.6 Å². The predicted octanol–water partition coefficient (Wildman–Crippen LogP) is 2.89. The Hall–Kier alpha value is -1.74. The molecule has 0 spiro atoms. The number of aryl methyl sites for hydroxylation is 1. The standard InChI is InChI=1S/C12H10ClF3N4OS/c1-6-10(22-20-19-6)11(21)17-3-2-9-8(13)4-7(5-18-9)12(14,15)16/h4-5H,2-3H2,1H3,(H,17,21). The number of nitrogens with one attached hydrogen (secondary N) is 1. The number of hydrogen-bond acceptors (Lipinski definition) is 5. The highest BCUT2D eigenvalue weighted by molar-refractivity contribution is 7.07. The molecule has 0 radical (unpaired) electrons. The Morgan fingerprint density at radius 3 is 2.73 bits per heavy atom. The number of aromatic nitrogens is 3. The van der Waals surface area contributed by atoms with Crippen LogP contribution in [0.5, 0.6) is 0 Å². The van der Waals surface area contributed by atoms with Crippen molar-refractivity contribution in [2.24, 2.45) is 0 Å². The molecule has 10 heteroatoms. The van der Waals surface area contributed by atoms with Crippen LogP contribution < -0.4 is 5.32 Å². The van der Waals surface area contributed by atoms with Crippen molar-refractivity contribution in [2.45, 2.75) is 19.5 Å². The first-order chi connectivity index (χ1) is 10.3. The number of rotatable bonds is 4. The van der Waals surface area contributed by atoms with Crippen LogP contribution in [0.2, 0.25) is 5.02 Å². The highest BCUT2D eigenvalue weighted by Crippen LogP contribution is 2.31. The van der Waals surface area contributed by atoms with Gasteiger partial charge in [-0.15, -0.1) is 5.10 Å². The van der Waals surface area contributed by atoms with E-state index in [1.54, 1.807) is 6.92 Å². The largest absolute Gasteiger partial charge is 0.417 e. The molecule has 118 valence electrons. The lowest BCUT2D eigenvalue weighted by molar-refractivity contribution is -0.137. The molecule has 0 atom stereocenters. The average Bonchev–Trinajstić information content (AvgIpc) is 2.85. The van der Waals surface area contributed by atoms with Gasteiger partial charge in [-0.2, -0.15) is 13.2 Å². The van der Waals surface area contributed by atoms with Crippen LogP contribution in [0.25, 0.3) is 0 Å². The Bertz CT molecular complexity index is 689. The maximum absolute atomic E-state index is 12.5. The molecule has 0 saturated carbocycles. The highest BCUT2D eigenvalue weighted by Gasteiger charge is 2.31. The van der Waals surface area contributed by atoms with Gasteiger partial charge in [-0.1, -0.05) is 16.1 Å². The van der Waals surface area contributed by atoms with Crippen LogP contribution in [-0.4, -0.2) is 27.0 Å². The van der Waals surface area contributed by atoms with Gasteiger partial charge in [-0.3, -0.25) is 9.78 Å². The Morgan fingerprint density at radius 1 is 1.45 bits per heavy atom. The molecule has 0 aliphatic heterocycles. The van der Waals surface area contributed by atoms with Gasteiger partial charge in [-0.05, 0) is 24.5 Å². The van der Waals surface area contributed by atoms with Gasteiger partial charge in [0.25, 0.3) is 5.91 Å². The zero-order chi connectivity index (χ0) is 16.3. The third-order valence-corrected chi connectivity index (χ3v) is 3.90. The molecule has 0 unspecified atom stereocenters. The molecule has 22 heavy (non-hydrogen) atoms. The Labute approximate surface area is 132 Å². The zero-order valence-electron chi connectivity index (χ0n) is 11.2. The van der Waals surface area contributed by atoms with E-state index >= 15 is 0 Å². The summed E-state index contributed by atoms with van der Waals surface area (Å²) in [6, 6.07) is 0.822. The van der Waals surface area contributed by atoms with E-state index in [-0.39, 0.29) is 29.6 Å². The molecule has 2 rings (SSSR count). The number of carbonyl (C=O) groups is 1. The van der Waals surface area contributed by atoms with Crippen molar-refractivity contribution in [1.29, 1.82) is 0 Å². The van der Waals surface area contributed by atoms with E-state index in [2.05, 4.69) is 19.9 Å². The molecule has 0 aromatic carbocycles. The third-order valence-electron chi connectivity index (χ3n) is 2.75. The van der Waals surface area contributed by atoms with Crippen LogP contribution >= 0.6 is 23.1 Å². The quantitative estimate of drug-likeness (QED) is 0.920. The number of alkyl halides is 3. The van der Waals surface area contributed by atoms with E-state index in [0.29, 0.717) is 10.6 Å². The summed E-state index contributed by atoms with van der Waals surface area (Å²) in [6.07, 6.45) is -3.55. The second kappa shape index (κ2) is 6.57. The summed E-state index contributed by atoms with van der Waals surface area (Å²) in [5, 5.41) is 6.25. The molecule has 0 aliphatic rings. The van der Waals surface area contributed by atoms with E-state index in [9.17, 15) is 18.0 Å². The SMILES string of the molecule is Cc1nnsc1C(=O)NCCc1ncc(C(F)(F)F)cc1Cl. The van der Waals surface area contributed by atoms with E-state index in [1.807, 2.05) is 0 Å². The first-order valence-corrected chi connectivity index (χ1v) is 7.23. The molecular weight excluding hydrogens is 341 g/mol. The minimum absolute atomic E-state index is 0.0836. The Balaban J connectivity index is 1.95. The predicted molar refractivity (Wildman–Crippen MR) is 74.9 cm³/mol. The summed E-state index contributed by atoms with van der Waals surface area (Å²) in [6.45, 7) is 1.85. The molecule has 0 aliphatic carbocycles. The molecule has 0 saturated heterocycles. The van der Waals surface area contributed by atoms with E-state index in [1.165, 1.54) is 0 Å². The Kier molecular flexibility index (Phi) is 4.97. The van der Waals surface area contributed by atoms with Crippen molar-refractivity contribution >= 4 is 29.0 Å². The molecule has 2 heterocycles. The maximum Gasteiger partial charge on any atom is 0.417 e. The van der Waals surface area contributed by atoms with Crippen molar-refractivity contribution < 1.29 is 18.0 Å². The van der Waals surface area contributed by atoms with Gasteiger partial charge < -0.3 is 5.32 Å². The number of halogens is 4. The fraction of sp³-hybridized carbons (Fsp3) is 0.333. The topological polar surface area (TPSA) is 67.8 Å². The molecule has 5 nitrogen and oxygen atoms in total. The van der Waals surface area contributed by atoms with Gasteiger partial charge in [0.2, 0.25) is 0 Å². The van der Waals surface area contributed by atoms with Gasteiger partial charge in [0.1, 0.15) is 4.88 Å². The van der Waals surface area contributed by atoms with E-state index < -0.39 is 11.7 Å². The minimum atomic E-state index is -4.49. The van der Waals surface area contributed by atoms with Gasteiger partial charge >= 0.3 is 6.18 Å². The fourth-order valence-electron chi connectivity index (χ4n) is 1.62. The molecule has 1 N–H and O–H groups in total. The first-order valence-electron chi connectivity index (χ1n) is 6.08. The summed E-state index contributed by atoms with van der Waals surface area (Å²) in [5.41, 5.74) is -0.0982. The summed E-state index contributed by atoms with van der Waals surface area (Å²) in [4.78, 5) is 15.9. The second-order valence-electron chi connectivity index (χ2n) is 4.34. The van der Waals surface area contributed by atoms with Crippen molar-refractivity contribution in [3.05, 3.63) is 39.1 Å². The summed E-state index contributed by atoms with van der Waals surface area (Å²) in [7, 11) is 0. The van der Waals surface area contributed by atoms with Crippen molar-refractivity contribution in [3.63, 3.8) is 0 Å². The number of nitrogens with zero attached hydrogens (tertiary/aromatic N) is 3. The van der Waals surface area contributed by atoms with Crippen LogP contribution in [0, 0.1) is 6.92 Å². The van der Waals surface area contributed by atoms with Crippen LogP contribution in [-0.2, 0) is 12.6 Å². The lowest BCUT2D eigenvalue weighted by Crippen LogP contribution is -2.25. The lowest BCUT2D eigenvalue weighted by Gasteiger charge is -2.09. The normalized spacial score (nSPS) is 11.5. The highest BCUT2D eigenvalue weighted by atomic mass is 35.5. The number of amides is 1. The molecule has 0 bridgehead atoms. The molecule has 2 aromatic rings. The number of hydrogen-bond donors (Lipinski definition) is 1.